The highest BCUT2D eigenvalue weighted by atomic mass is 14.7. The molecule has 0 fully saturated rings. The fourth-order valence-electron chi connectivity index (χ4n) is 0.749. The molecule has 10 heavy (non-hydrogen) atoms. The molecule has 1 rings (SSSR count). The molecule has 0 aliphatic rings. The lowest BCUT2D eigenvalue weighted by molar-refractivity contribution is 1.32. The van der Waals surface area contributed by atoms with Gasteiger partial charge >= 0.3 is 0 Å². The SMILES string of the molecule is C/C=C\c1ccncc1N. The van der Waals surface area contributed by atoms with Crippen molar-refractivity contribution in [2.75, 3.05) is 5.73 Å². The van der Waals surface area contributed by atoms with Crippen molar-refractivity contribution in [3.63, 3.8) is 0 Å². The molecule has 1 aromatic heterocycles. The highest BCUT2D eigenvalue weighted by molar-refractivity contribution is 5.62. The lowest BCUT2D eigenvalue weighted by Gasteiger charge is -1.95. The molecule has 0 saturated heterocycles. The maximum atomic E-state index is 5.59. The molecule has 1 aromatic rings. The number of allylic oxidation sites excluding steroid dienone is 1. The minimum absolute atomic E-state index is 0.723. The summed E-state index contributed by atoms with van der Waals surface area (Å²) in [5.41, 5.74) is 7.34. The van der Waals surface area contributed by atoms with Gasteiger partial charge in [-0.25, -0.2) is 0 Å². The quantitative estimate of drug-likeness (QED) is 0.634. The first-order valence-corrected chi connectivity index (χ1v) is 3.17. The lowest BCUT2D eigenvalue weighted by Crippen LogP contribution is -1.88. The van der Waals surface area contributed by atoms with E-state index in [9.17, 15) is 0 Å². The number of anilines is 1. The second-order valence-corrected chi connectivity index (χ2v) is 2.00. The summed E-state index contributed by atoms with van der Waals surface area (Å²) in [6.45, 7) is 1.96. The summed E-state index contributed by atoms with van der Waals surface area (Å²) in [5.74, 6) is 0. The molecule has 0 unspecified atom stereocenters. The molecule has 1 heterocycles. The van der Waals surface area contributed by atoms with E-state index in [1.807, 2.05) is 25.1 Å². The van der Waals surface area contributed by atoms with Crippen molar-refractivity contribution in [1.29, 1.82) is 0 Å². The van der Waals surface area contributed by atoms with E-state index in [2.05, 4.69) is 4.98 Å². The van der Waals surface area contributed by atoms with Crippen LogP contribution in [0.1, 0.15) is 12.5 Å². The van der Waals surface area contributed by atoms with Crippen LogP contribution in [0.2, 0.25) is 0 Å². The monoisotopic (exact) mass is 134 g/mol. The van der Waals surface area contributed by atoms with Crippen LogP contribution in [0.15, 0.2) is 24.5 Å². The topological polar surface area (TPSA) is 38.9 Å². The average Bonchev–Trinajstić information content (AvgIpc) is 1.94. The van der Waals surface area contributed by atoms with Gasteiger partial charge < -0.3 is 5.73 Å². The molecular weight excluding hydrogens is 124 g/mol. The molecule has 52 valence electrons. The first-order chi connectivity index (χ1) is 4.84. The summed E-state index contributed by atoms with van der Waals surface area (Å²) in [4.78, 5) is 3.87. The van der Waals surface area contributed by atoms with Gasteiger partial charge in [-0.05, 0) is 13.0 Å². The Morgan fingerprint density at radius 3 is 3.00 bits per heavy atom. The molecule has 0 aliphatic carbocycles. The smallest absolute Gasteiger partial charge is 0.0574 e. The zero-order valence-electron chi connectivity index (χ0n) is 5.91. The second-order valence-electron chi connectivity index (χ2n) is 2.00. The molecule has 0 aromatic carbocycles. The third-order valence-corrected chi connectivity index (χ3v) is 1.23. The summed E-state index contributed by atoms with van der Waals surface area (Å²) in [7, 11) is 0. The van der Waals surface area contributed by atoms with Gasteiger partial charge in [-0.15, -0.1) is 0 Å². The summed E-state index contributed by atoms with van der Waals surface area (Å²) >= 11 is 0. The van der Waals surface area contributed by atoms with Gasteiger partial charge in [0.2, 0.25) is 0 Å². The molecule has 0 atom stereocenters. The number of hydrogen-bond acceptors (Lipinski definition) is 2. The number of hydrogen-bond donors (Lipinski definition) is 1. The van der Waals surface area contributed by atoms with Gasteiger partial charge in [0.05, 0.1) is 11.9 Å². The zero-order valence-corrected chi connectivity index (χ0v) is 5.91. The van der Waals surface area contributed by atoms with Gasteiger partial charge in [0, 0.05) is 11.8 Å². The van der Waals surface area contributed by atoms with Crippen molar-refractivity contribution in [1.82, 2.24) is 4.98 Å². The van der Waals surface area contributed by atoms with Crippen LogP contribution in [0.4, 0.5) is 5.69 Å². The summed E-state index contributed by atoms with van der Waals surface area (Å²) in [5, 5.41) is 0. The Hall–Kier alpha value is -1.31. The standard InChI is InChI=1S/C8H10N2/c1-2-3-7-4-5-10-6-8(7)9/h2-6H,9H2,1H3/b3-2-. The lowest BCUT2D eigenvalue weighted by atomic mass is 10.2. The molecule has 0 radical (unpaired) electrons. The van der Waals surface area contributed by atoms with Gasteiger partial charge in [0.15, 0.2) is 0 Å². The fourth-order valence-corrected chi connectivity index (χ4v) is 0.749. The number of nitrogens with zero attached hydrogens (tertiary/aromatic N) is 1. The van der Waals surface area contributed by atoms with Crippen molar-refractivity contribution in [3.8, 4) is 0 Å². The van der Waals surface area contributed by atoms with Gasteiger partial charge in [0.1, 0.15) is 0 Å². The molecular formula is C8H10N2. The normalized spacial score (nSPS) is 10.5. The molecule has 2 nitrogen and oxygen atoms in total. The number of rotatable bonds is 1. The molecule has 0 bridgehead atoms. The van der Waals surface area contributed by atoms with Crippen molar-refractivity contribution >= 4 is 11.8 Å². The Kier molecular flexibility index (Phi) is 2.05. The van der Waals surface area contributed by atoms with Crippen LogP contribution < -0.4 is 5.73 Å². The van der Waals surface area contributed by atoms with Crippen molar-refractivity contribution in [2.24, 2.45) is 0 Å². The van der Waals surface area contributed by atoms with E-state index >= 15 is 0 Å². The number of aromatic nitrogens is 1. The van der Waals surface area contributed by atoms with Crippen molar-refractivity contribution in [2.45, 2.75) is 6.92 Å². The van der Waals surface area contributed by atoms with Gasteiger partial charge in [-0.3, -0.25) is 4.98 Å². The third kappa shape index (κ3) is 1.35. The van der Waals surface area contributed by atoms with Crippen LogP contribution in [0.5, 0.6) is 0 Å². The second kappa shape index (κ2) is 3.01. The number of nitrogen functional groups attached to an aromatic ring is 1. The Morgan fingerprint density at radius 1 is 1.60 bits per heavy atom. The average molecular weight is 134 g/mol. The van der Waals surface area contributed by atoms with Crippen LogP contribution in [-0.4, -0.2) is 4.98 Å². The number of pyridine rings is 1. The zero-order chi connectivity index (χ0) is 7.40. The van der Waals surface area contributed by atoms with Gasteiger partial charge in [0.25, 0.3) is 0 Å². The molecule has 0 saturated carbocycles. The highest BCUT2D eigenvalue weighted by Gasteiger charge is 1.89. The van der Waals surface area contributed by atoms with E-state index in [-0.39, 0.29) is 0 Å². The molecule has 2 N–H and O–H groups in total. The van der Waals surface area contributed by atoms with Crippen molar-refractivity contribution < 1.29 is 0 Å². The highest BCUT2D eigenvalue weighted by Crippen LogP contribution is 2.09. The van der Waals surface area contributed by atoms with E-state index in [1.54, 1.807) is 12.4 Å². The van der Waals surface area contributed by atoms with Crippen LogP contribution in [0.3, 0.4) is 0 Å². The maximum Gasteiger partial charge on any atom is 0.0574 e. The summed E-state index contributed by atoms with van der Waals surface area (Å²) in [6.07, 6.45) is 7.28. The number of nitrogens with two attached hydrogens (primary N) is 1. The van der Waals surface area contributed by atoms with E-state index in [0.717, 1.165) is 11.3 Å². The fraction of sp³-hybridized carbons (Fsp3) is 0.125. The first kappa shape index (κ1) is 6.81. The minimum atomic E-state index is 0.723. The van der Waals surface area contributed by atoms with Crippen LogP contribution in [-0.2, 0) is 0 Å². The molecule has 2 heteroatoms. The molecule has 0 aliphatic heterocycles. The summed E-state index contributed by atoms with van der Waals surface area (Å²) < 4.78 is 0. The van der Waals surface area contributed by atoms with Crippen molar-refractivity contribution in [3.05, 3.63) is 30.1 Å². The van der Waals surface area contributed by atoms with E-state index < -0.39 is 0 Å². The van der Waals surface area contributed by atoms with E-state index in [4.69, 9.17) is 5.73 Å². The predicted octanol–water partition coefficient (Wildman–Crippen LogP) is 1.70. The minimum Gasteiger partial charge on any atom is -0.397 e. The summed E-state index contributed by atoms with van der Waals surface area (Å²) in [6, 6.07) is 1.88. The Balaban J connectivity index is 3.03. The van der Waals surface area contributed by atoms with E-state index in [1.165, 1.54) is 0 Å². The van der Waals surface area contributed by atoms with Crippen LogP contribution in [0.25, 0.3) is 6.08 Å². The maximum absolute atomic E-state index is 5.59. The predicted molar refractivity (Wildman–Crippen MR) is 43.4 cm³/mol. The Labute approximate surface area is 60.4 Å². The van der Waals surface area contributed by atoms with Crippen LogP contribution in [0, 0.1) is 0 Å². The Bertz CT molecular complexity index is 241. The molecule has 0 spiro atoms. The molecule has 0 amide bonds. The first-order valence-electron chi connectivity index (χ1n) is 3.17. The Morgan fingerprint density at radius 2 is 2.40 bits per heavy atom. The van der Waals surface area contributed by atoms with Crippen LogP contribution >= 0.6 is 0 Å². The van der Waals surface area contributed by atoms with Gasteiger partial charge in [-0.1, -0.05) is 12.2 Å². The van der Waals surface area contributed by atoms with E-state index in [0.29, 0.717) is 0 Å². The third-order valence-electron chi connectivity index (χ3n) is 1.23. The van der Waals surface area contributed by atoms with Gasteiger partial charge in [-0.2, -0.15) is 0 Å². The largest absolute Gasteiger partial charge is 0.397 e.